The summed E-state index contributed by atoms with van der Waals surface area (Å²) in [5.74, 6) is 0. The number of nitrogens with one attached hydrogen (secondary N) is 3. The Bertz CT molecular complexity index is 177. The van der Waals surface area contributed by atoms with Crippen molar-refractivity contribution in [1.29, 1.82) is 0 Å². The lowest BCUT2D eigenvalue weighted by Gasteiger charge is -2.07. The van der Waals surface area contributed by atoms with E-state index < -0.39 is 0 Å². The van der Waals surface area contributed by atoms with Crippen molar-refractivity contribution in [3.63, 3.8) is 0 Å². The third-order valence-corrected chi connectivity index (χ3v) is 1.00. The minimum Gasteiger partial charge on any atom is -0.375 e. The highest BCUT2D eigenvalue weighted by molar-refractivity contribution is 7.80. The molecule has 5 N–H and O–H groups in total. The van der Waals surface area contributed by atoms with Crippen molar-refractivity contribution in [3.05, 3.63) is 12.3 Å². The molecule has 0 amide bonds. The molecule has 0 heterocycles. The van der Waals surface area contributed by atoms with Gasteiger partial charge in [0.15, 0.2) is 10.2 Å². The molecule has 0 saturated heterocycles. The number of nitrogens with two attached hydrogens (primary N) is 1. The Morgan fingerprint density at radius 1 is 1.36 bits per heavy atom. The number of thiocarbonyl (C=S) groups is 2. The first-order valence-corrected chi connectivity index (χ1v) is 3.71. The molecule has 0 atom stereocenters. The van der Waals surface area contributed by atoms with Gasteiger partial charge in [-0.25, -0.2) is 0 Å². The predicted octanol–water partition coefficient (Wildman–Crippen LogP) is -0.268. The highest BCUT2D eigenvalue weighted by atomic mass is 32.1. The topological polar surface area (TPSA) is 62.1 Å². The van der Waals surface area contributed by atoms with Crippen molar-refractivity contribution in [2.75, 3.05) is 0 Å². The quantitative estimate of drug-likeness (QED) is 0.337. The van der Waals surface area contributed by atoms with Crippen LogP contribution in [0.2, 0.25) is 0 Å². The van der Waals surface area contributed by atoms with Gasteiger partial charge in [0.25, 0.3) is 0 Å². The van der Waals surface area contributed by atoms with Crippen LogP contribution in [0, 0.1) is 0 Å². The summed E-state index contributed by atoms with van der Waals surface area (Å²) < 4.78 is 0. The molecule has 0 rings (SSSR count). The van der Waals surface area contributed by atoms with E-state index in [1.165, 1.54) is 0 Å². The fraction of sp³-hybridized carbons (Fsp3) is 0.200. The van der Waals surface area contributed by atoms with Crippen LogP contribution < -0.4 is 21.9 Å². The van der Waals surface area contributed by atoms with Gasteiger partial charge in [-0.15, -0.1) is 0 Å². The molecule has 6 heteroatoms. The van der Waals surface area contributed by atoms with E-state index in [1.54, 1.807) is 6.20 Å². The molecule has 4 nitrogen and oxygen atoms in total. The van der Waals surface area contributed by atoms with E-state index in [2.05, 4.69) is 28.4 Å². The molecule has 0 fully saturated rings. The fourth-order valence-electron chi connectivity index (χ4n) is 0.313. The van der Waals surface area contributed by atoms with Crippen molar-refractivity contribution in [3.8, 4) is 0 Å². The molecule has 0 aromatic heterocycles. The average Bonchev–Trinajstić information content (AvgIpc) is 1.97. The molecule has 0 spiro atoms. The van der Waals surface area contributed by atoms with E-state index in [1.807, 2.05) is 13.0 Å². The molecule has 0 bridgehead atoms. The number of rotatable bonds is 1. The maximum atomic E-state index is 5.12. The Hall–Kier alpha value is -0.880. The summed E-state index contributed by atoms with van der Waals surface area (Å²) in [5.41, 5.74) is 10.2. The van der Waals surface area contributed by atoms with Crippen molar-refractivity contribution < 1.29 is 0 Å². The second-order valence-electron chi connectivity index (χ2n) is 1.59. The lowest BCUT2D eigenvalue weighted by atomic mass is 10.7. The van der Waals surface area contributed by atoms with Gasteiger partial charge in [0.1, 0.15) is 0 Å². The first-order chi connectivity index (χ1) is 5.16. The van der Waals surface area contributed by atoms with Gasteiger partial charge in [0, 0.05) is 0 Å². The molecule has 0 unspecified atom stereocenters. The van der Waals surface area contributed by atoms with E-state index in [4.69, 9.17) is 18.0 Å². The standard InChI is InChI=1S/C5H10N4S2/c1-2-3-7-5(11)9-8-4(6)10/h2-3H,1H3,(H3,6,8,10)(H2,7,9,11). The van der Waals surface area contributed by atoms with E-state index in [0.29, 0.717) is 5.11 Å². The van der Waals surface area contributed by atoms with Crippen molar-refractivity contribution >= 4 is 34.7 Å². The third-order valence-electron chi connectivity index (χ3n) is 0.680. The van der Waals surface area contributed by atoms with Gasteiger partial charge in [0.05, 0.1) is 0 Å². The SMILES string of the molecule is CC=CNC(=S)NNC(N)=S. The van der Waals surface area contributed by atoms with Crippen LogP contribution in [0.4, 0.5) is 0 Å². The number of hydrogen-bond donors (Lipinski definition) is 4. The molecular formula is C5H10N4S2. The van der Waals surface area contributed by atoms with Crippen molar-refractivity contribution in [2.24, 2.45) is 5.73 Å². The Morgan fingerprint density at radius 3 is 2.45 bits per heavy atom. The van der Waals surface area contributed by atoms with Crippen LogP contribution in [0.1, 0.15) is 6.92 Å². The first-order valence-electron chi connectivity index (χ1n) is 2.90. The van der Waals surface area contributed by atoms with Crippen LogP contribution in [-0.4, -0.2) is 10.2 Å². The van der Waals surface area contributed by atoms with Gasteiger partial charge >= 0.3 is 0 Å². The van der Waals surface area contributed by atoms with Crippen LogP contribution in [-0.2, 0) is 0 Å². The lowest BCUT2D eigenvalue weighted by Crippen LogP contribution is -2.47. The summed E-state index contributed by atoms with van der Waals surface area (Å²) in [7, 11) is 0. The third kappa shape index (κ3) is 7.01. The zero-order valence-corrected chi connectivity index (χ0v) is 7.68. The smallest absolute Gasteiger partial charge is 0.189 e. The summed E-state index contributed by atoms with van der Waals surface area (Å²) in [6.07, 6.45) is 3.51. The maximum Gasteiger partial charge on any atom is 0.189 e. The summed E-state index contributed by atoms with van der Waals surface area (Å²) in [6, 6.07) is 0. The Kier molecular flexibility index (Phi) is 5.40. The molecule has 0 aromatic carbocycles. The largest absolute Gasteiger partial charge is 0.375 e. The van der Waals surface area contributed by atoms with Gasteiger partial charge in [-0.05, 0) is 37.6 Å². The molecule has 11 heavy (non-hydrogen) atoms. The highest BCUT2D eigenvalue weighted by Crippen LogP contribution is 1.65. The van der Waals surface area contributed by atoms with Gasteiger partial charge < -0.3 is 11.1 Å². The monoisotopic (exact) mass is 190 g/mol. The van der Waals surface area contributed by atoms with E-state index in [-0.39, 0.29) is 5.11 Å². The van der Waals surface area contributed by atoms with Gasteiger partial charge in [-0.1, -0.05) is 6.08 Å². The van der Waals surface area contributed by atoms with Crippen LogP contribution in [0.5, 0.6) is 0 Å². The van der Waals surface area contributed by atoms with Gasteiger partial charge in [0.2, 0.25) is 0 Å². The zero-order chi connectivity index (χ0) is 8.69. The first kappa shape index (κ1) is 10.1. The molecule has 0 saturated carbocycles. The predicted molar refractivity (Wildman–Crippen MR) is 53.6 cm³/mol. The fourth-order valence-corrected chi connectivity index (χ4v) is 0.484. The molecule has 0 aliphatic rings. The van der Waals surface area contributed by atoms with Crippen LogP contribution >= 0.6 is 24.4 Å². The van der Waals surface area contributed by atoms with E-state index in [9.17, 15) is 0 Å². The summed E-state index contributed by atoms with van der Waals surface area (Å²) in [6.45, 7) is 1.87. The molecule has 0 radical (unpaired) electrons. The summed E-state index contributed by atoms with van der Waals surface area (Å²) >= 11 is 9.31. The Labute approximate surface area is 76.2 Å². The number of hydrazine groups is 1. The maximum absolute atomic E-state index is 5.12. The van der Waals surface area contributed by atoms with Gasteiger partial charge in [-0.3, -0.25) is 10.9 Å². The minimum atomic E-state index is 0.148. The van der Waals surface area contributed by atoms with Gasteiger partial charge in [-0.2, -0.15) is 0 Å². The normalized spacial score (nSPS) is 9.18. The highest BCUT2D eigenvalue weighted by Gasteiger charge is 1.88. The van der Waals surface area contributed by atoms with Crippen molar-refractivity contribution in [2.45, 2.75) is 6.92 Å². The second kappa shape index (κ2) is 5.87. The van der Waals surface area contributed by atoms with Crippen LogP contribution in [0.25, 0.3) is 0 Å². The summed E-state index contributed by atoms with van der Waals surface area (Å²) in [5, 5.41) is 3.31. The average molecular weight is 190 g/mol. The molecule has 62 valence electrons. The molecule has 0 aliphatic carbocycles. The lowest BCUT2D eigenvalue weighted by molar-refractivity contribution is 0.856. The van der Waals surface area contributed by atoms with E-state index >= 15 is 0 Å². The zero-order valence-electron chi connectivity index (χ0n) is 6.05. The number of allylic oxidation sites excluding steroid dienone is 1. The Balaban J connectivity index is 3.45. The molecule has 0 aromatic rings. The van der Waals surface area contributed by atoms with Crippen LogP contribution in [0.15, 0.2) is 12.3 Å². The molecule has 0 aliphatic heterocycles. The van der Waals surface area contributed by atoms with E-state index in [0.717, 1.165) is 0 Å². The Morgan fingerprint density at radius 2 is 2.00 bits per heavy atom. The van der Waals surface area contributed by atoms with Crippen LogP contribution in [0.3, 0.4) is 0 Å². The number of hydrogen-bond acceptors (Lipinski definition) is 2. The van der Waals surface area contributed by atoms with Crippen molar-refractivity contribution in [1.82, 2.24) is 16.2 Å². The summed E-state index contributed by atoms with van der Waals surface area (Å²) in [4.78, 5) is 0. The molecular weight excluding hydrogens is 180 g/mol. The second-order valence-corrected chi connectivity index (χ2v) is 2.44. The minimum absolute atomic E-state index is 0.148.